The third kappa shape index (κ3) is 2.66. The Balaban J connectivity index is 2.68. The first kappa shape index (κ1) is 12.8. The maximum absolute atomic E-state index is 9.75. The summed E-state index contributed by atoms with van der Waals surface area (Å²) in [5.41, 5.74) is 0. The van der Waals surface area contributed by atoms with Crippen LogP contribution in [0.1, 0.15) is 0 Å². The average molecular weight is 222 g/mol. The van der Waals surface area contributed by atoms with Gasteiger partial charge in [0.1, 0.15) is 24.4 Å². The Morgan fingerprint density at radius 3 is 2.20 bits per heavy atom. The first-order valence-electron chi connectivity index (χ1n) is 4.71. The van der Waals surface area contributed by atoms with Crippen LogP contribution in [-0.4, -0.2) is 68.9 Å². The van der Waals surface area contributed by atoms with Crippen molar-refractivity contribution in [3.63, 3.8) is 0 Å². The zero-order valence-corrected chi connectivity index (χ0v) is 9.12. The van der Waals surface area contributed by atoms with E-state index in [0.717, 1.165) is 0 Å². The van der Waals surface area contributed by atoms with Gasteiger partial charge in [0, 0.05) is 21.3 Å². The third-order valence-corrected chi connectivity index (χ3v) is 2.48. The number of rotatable bonds is 4. The van der Waals surface area contributed by atoms with Crippen LogP contribution in [0.5, 0.6) is 0 Å². The van der Waals surface area contributed by atoms with E-state index in [-0.39, 0.29) is 6.61 Å². The molecule has 0 spiro atoms. The van der Waals surface area contributed by atoms with Crippen molar-refractivity contribution >= 4 is 0 Å². The van der Waals surface area contributed by atoms with Crippen molar-refractivity contribution in [3.05, 3.63) is 0 Å². The van der Waals surface area contributed by atoms with Gasteiger partial charge in [0.15, 0.2) is 6.29 Å². The number of hydrogen-bond acceptors (Lipinski definition) is 6. The number of ether oxygens (including phenoxy) is 4. The Bertz CT molecular complexity index is 183. The van der Waals surface area contributed by atoms with E-state index in [0.29, 0.717) is 0 Å². The number of aliphatic hydroxyl groups is 2. The molecule has 0 radical (unpaired) electrons. The van der Waals surface area contributed by atoms with Gasteiger partial charge >= 0.3 is 0 Å². The Labute approximate surface area is 88.7 Å². The zero-order valence-electron chi connectivity index (χ0n) is 9.12. The molecule has 5 atom stereocenters. The summed E-state index contributed by atoms with van der Waals surface area (Å²) < 4.78 is 20.3. The minimum Gasteiger partial charge on any atom is -0.387 e. The summed E-state index contributed by atoms with van der Waals surface area (Å²) >= 11 is 0. The van der Waals surface area contributed by atoms with Gasteiger partial charge in [-0.05, 0) is 0 Å². The fourth-order valence-electron chi connectivity index (χ4n) is 1.65. The normalized spacial score (nSPS) is 41.8. The molecule has 0 aliphatic carbocycles. The van der Waals surface area contributed by atoms with Crippen LogP contribution in [0.25, 0.3) is 0 Å². The number of hydrogen-bond donors (Lipinski definition) is 2. The van der Waals surface area contributed by atoms with Crippen LogP contribution in [0, 0.1) is 0 Å². The maximum Gasteiger partial charge on any atom is 0.186 e. The molecule has 1 rings (SSSR count). The summed E-state index contributed by atoms with van der Waals surface area (Å²) in [6, 6.07) is 0. The second-order valence-corrected chi connectivity index (χ2v) is 3.42. The fraction of sp³-hybridized carbons (Fsp3) is 1.00. The number of aliphatic hydroxyl groups excluding tert-OH is 2. The topological polar surface area (TPSA) is 77.4 Å². The summed E-state index contributed by atoms with van der Waals surface area (Å²) in [4.78, 5) is 0. The average Bonchev–Trinajstić information content (AvgIpc) is 2.24. The van der Waals surface area contributed by atoms with Crippen molar-refractivity contribution in [1.29, 1.82) is 0 Å². The lowest BCUT2D eigenvalue weighted by molar-refractivity contribution is -0.300. The van der Waals surface area contributed by atoms with Crippen LogP contribution in [0.3, 0.4) is 0 Å². The molecule has 6 nitrogen and oxygen atoms in total. The third-order valence-electron chi connectivity index (χ3n) is 2.48. The molecule has 0 amide bonds. The minimum absolute atomic E-state index is 0.189. The molecule has 1 aliphatic rings. The second-order valence-electron chi connectivity index (χ2n) is 3.42. The van der Waals surface area contributed by atoms with Crippen molar-refractivity contribution in [2.24, 2.45) is 0 Å². The predicted molar refractivity (Wildman–Crippen MR) is 50.4 cm³/mol. The van der Waals surface area contributed by atoms with Crippen LogP contribution in [0.15, 0.2) is 0 Å². The van der Waals surface area contributed by atoms with Crippen LogP contribution < -0.4 is 0 Å². The monoisotopic (exact) mass is 222 g/mol. The molecule has 90 valence electrons. The highest BCUT2D eigenvalue weighted by Gasteiger charge is 2.44. The van der Waals surface area contributed by atoms with E-state index in [4.69, 9.17) is 18.9 Å². The molecule has 0 aromatic heterocycles. The van der Waals surface area contributed by atoms with Crippen molar-refractivity contribution < 1.29 is 29.2 Å². The molecular formula is C9H18O6. The Kier molecular flexibility index (Phi) is 4.91. The van der Waals surface area contributed by atoms with Gasteiger partial charge in [-0.25, -0.2) is 0 Å². The zero-order chi connectivity index (χ0) is 11.4. The summed E-state index contributed by atoms with van der Waals surface area (Å²) in [5.74, 6) is 0. The Morgan fingerprint density at radius 1 is 1.07 bits per heavy atom. The van der Waals surface area contributed by atoms with Gasteiger partial charge in [-0.3, -0.25) is 0 Å². The molecule has 1 fully saturated rings. The predicted octanol–water partition coefficient (Wildman–Crippen LogP) is -1.26. The smallest absolute Gasteiger partial charge is 0.186 e. The molecule has 1 saturated heterocycles. The molecule has 0 aromatic carbocycles. The van der Waals surface area contributed by atoms with Crippen LogP contribution >= 0.6 is 0 Å². The lowest BCUT2D eigenvalue weighted by Crippen LogP contribution is -2.59. The van der Waals surface area contributed by atoms with Gasteiger partial charge in [-0.2, -0.15) is 0 Å². The molecule has 0 saturated carbocycles. The quantitative estimate of drug-likeness (QED) is 0.618. The van der Waals surface area contributed by atoms with Crippen molar-refractivity contribution in [2.45, 2.75) is 30.7 Å². The Morgan fingerprint density at radius 2 is 1.73 bits per heavy atom. The first-order chi connectivity index (χ1) is 7.15. The summed E-state index contributed by atoms with van der Waals surface area (Å²) in [5, 5.41) is 19.4. The first-order valence-corrected chi connectivity index (χ1v) is 4.71. The van der Waals surface area contributed by atoms with Gasteiger partial charge < -0.3 is 29.2 Å². The van der Waals surface area contributed by atoms with E-state index < -0.39 is 30.7 Å². The lowest BCUT2D eigenvalue weighted by atomic mass is 9.99. The van der Waals surface area contributed by atoms with Crippen molar-refractivity contribution in [2.75, 3.05) is 27.9 Å². The van der Waals surface area contributed by atoms with E-state index >= 15 is 0 Å². The molecule has 1 heterocycles. The maximum atomic E-state index is 9.75. The van der Waals surface area contributed by atoms with Gasteiger partial charge in [-0.1, -0.05) is 0 Å². The van der Waals surface area contributed by atoms with E-state index in [1.54, 1.807) is 0 Å². The largest absolute Gasteiger partial charge is 0.387 e. The minimum atomic E-state index is -1.05. The highest BCUT2D eigenvalue weighted by Crippen LogP contribution is 2.23. The molecule has 6 heteroatoms. The molecule has 0 bridgehead atoms. The molecule has 1 aliphatic heterocycles. The van der Waals surface area contributed by atoms with Gasteiger partial charge in [0.05, 0.1) is 6.61 Å². The lowest BCUT2D eigenvalue weighted by Gasteiger charge is -2.41. The number of methoxy groups -OCH3 is 3. The van der Waals surface area contributed by atoms with Crippen molar-refractivity contribution in [1.82, 2.24) is 0 Å². The molecular weight excluding hydrogens is 204 g/mol. The van der Waals surface area contributed by atoms with Crippen LogP contribution in [0.4, 0.5) is 0 Å². The summed E-state index contributed by atoms with van der Waals surface area (Å²) in [6.07, 6.45) is -4.09. The summed E-state index contributed by atoms with van der Waals surface area (Å²) in [7, 11) is 4.37. The molecule has 0 aromatic rings. The van der Waals surface area contributed by atoms with Crippen molar-refractivity contribution in [3.8, 4) is 0 Å². The molecule has 0 unspecified atom stereocenters. The molecule has 15 heavy (non-hydrogen) atoms. The summed E-state index contributed by atoms with van der Waals surface area (Å²) in [6.45, 7) is 0.189. The van der Waals surface area contributed by atoms with Crippen LogP contribution in [0.2, 0.25) is 0 Å². The van der Waals surface area contributed by atoms with Gasteiger partial charge in [-0.15, -0.1) is 0 Å². The fourth-order valence-corrected chi connectivity index (χ4v) is 1.65. The van der Waals surface area contributed by atoms with E-state index in [1.165, 1.54) is 21.3 Å². The van der Waals surface area contributed by atoms with Gasteiger partial charge in [0.25, 0.3) is 0 Å². The highest BCUT2D eigenvalue weighted by molar-refractivity contribution is 4.89. The standard InChI is InChI=1S/C9H18O6/c1-12-4-5-6(10)7(11)8(13-2)9(14-3)15-5/h5-11H,4H2,1-3H3/t5-,6-,7+,8-,9+/m1/s1. The molecule has 2 N–H and O–H groups in total. The van der Waals surface area contributed by atoms with Crippen LogP contribution in [-0.2, 0) is 18.9 Å². The highest BCUT2D eigenvalue weighted by atomic mass is 16.7. The SMILES string of the molecule is COC[C@H]1O[C@H](OC)[C@H](OC)[C@@H](O)[C@@H]1O. The van der Waals surface area contributed by atoms with E-state index in [1.807, 2.05) is 0 Å². The van der Waals surface area contributed by atoms with Gasteiger partial charge in [0.2, 0.25) is 0 Å². The van der Waals surface area contributed by atoms with E-state index in [2.05, 4.69) is 0 Å². The Hall–Kier alpha value is -0.240. The second kappa shape index (κ2) is 5.74. The van der Waals surface area contributed by atoms with E-state index in [9.17, 15) is 10.2 Å².